The first kappa shape index (κ1) is 14.1. The van der Waals surface area contributed by atoms with Crippen LogP contribution in [0.25, 0.3) is 16.5 Å². The fourth-order valence-corrected chi connectivity index (χ4v) is 1.91. The molecule has 0 aliphatic carbocycles. The summed E-state index contributed by atoms with van der Waals surface area (Å²) >= 11 is 3.31. The third-order valence-electron chi connectivity index (χ3n) is 2.59. The van der Waals surface area contributed by atoms with Gasteiger partial charge in [-0.05, 0) is 41.4 Å². The van der Waals surface area contributed by atoms with Gasteiger partial charge in [0.25, 0.3) is 0 Å². The molecule has 2 rings (SSSR count). The van der Waals surface area contributed by atoms with Crippen LogP contribution < -0.4 is 0 Å². The number of Topliss-reactive ketones (excluding diaryl/α,β-unsaturated/α-hetero) is 1. The molecule has 0 radical (unpaired) electrons. The maximum Gasteiger partial charge on any atom is 0.195 e. The van der Waals surface area contributed by atoms with Gasteiger partial charge in [0.1, 0.15) is 0 Å². The summed E-state index contributed by atoms with van der Waals surface area (Å²) in [5.74, 6) is -0.306. The summed E-state index contributed by atoms with van der Waals surface area (Å²) < 4.78 is 0.881. The van der Waals surface area contributed by atoms with Crippen molar-refractivity contribution >= 4 is 27.8 Å². The number of ketones is 1. The molecular formula is C15H10BrN3O. The zero-order chi connectivity index (χ0) is 14.4. The van der Waals surface area contributed by atoms with E-state index >= 15 is 0 Å². The van der Waals surface area contributed by atoms with Crippen LogP contribution in [0.4, 0.5) is 0 Å². The fourth-order valence-electron chi connectivity index (χ4n) is 1.64. The number of benzene rings is 2. The summed E-state index contributed by atoms with van der Waals surface area (Å²) in [6.45, 7) is 0. The van der Waals surface area contributed by atoms with E-state index in [1.807, 2.05) is 30.3 Å². The molecule has 0 saturated heterocycles. The quantitative estimate of drug-likeness (QED) is 0.256. The fraction of sp³-hybridized carbons (Fsp3) is 0. The average Bonchev–Trinajstić information content (AvgIpc) is 2.48. The summed E-state index contributed by atoms with van der Waals surface area (Å²) in [5, 5.41) is 3.50. The van der Waals surface area contributed by atoms with Crippen molar-refractivity contribution < 1.29 is 4.79 Å². The number of carbonyl (C=O) groups is 1. The number of hydrogen-bond acceptors (Lipinski definition) is 2. The maximum atomic E-state index is 12.3. The van der Waals surface area contributed by atoms with Crippen molar-refractivity contribution in [2.24, 2.45) is 5.11 Å². The van der Waals surface area contributed by atoms with Crippen LogP contribution in [-0.2, 0) is 0 Å². The molecular weight excluding hydrogens is 318 g/mol. The molecule has 2 aromatic carbocycles. The molecule has 0 aliphatic rings. The molecule has 0 unspecified atom stereocenters. The summed E-state index contributed by atoms with van der Waals surface area (Å²) in [6, 6.07) is 16.1. The highest BCUT2D eigenvalue weighted by molar-refractivity contribution is 9.10. The third kappa shape index (κ3) is 3.57. The minimum atomic E-state index is -0.306. The molecule has 5 heteroatoms. The number of azide groups is 1. The lowest BCUT2D eigenvalue weighted by Gasteiger charge is -2.02. The number of rotatable bonds is 4. The Hall–Kier alpha value is -2.36. The molecule has 0 heterocycles. The Balaban J connectivity index is 2.38. The molecule has 0 amide bonds. The van der Waals surface area contributed by atoms with Crippen molar-refractivity contribution in [3.63, 3.8) is 0 Å². The SMILES string of the molecule is [N-]=[N+]=N/C(=C\c1ccccc1)C(=O)c1ccc(Br)cc1. The molecule has 0 saturated carbocycles. The predicted octanol–water partition coefficient (Wildman–Crippen LogP) is 4.98. The molecule has 0 bridgehead atoms. The molecule has 0 spiro atoms. The Morgan fingerprint density at radius 3 is 2.35 bits per heavy atom. The second-order valence-electron chi connectivity index (χ2n) is 3.97. The lowest BCUT2D eigenvalue weighted by atomic mass is 10.1. The molecule has 0 atom stereocenters. The van der Waals surface area contributed by atoms with Crippen molar-refractivity contribution in [3.8, 4) is 0 Å². The highest BCUT2D eigenvalue weighted by Gasteiger charge is 2.10. The number of halogens is 1. The molecule has 2 aromatic rings. The molecule has 4 nitrogen and oxygen atoms in total. The van der Waals surface area contributed by atoms with E-state index in [1.54, 1.807) is 30.3 Å². The van der Waals surface area contributed by atoms with Gasteiger partial charge in [-0.2, -0.15) is 0 Å². The Kier molecular flexibility index (Phi) is 4.71. The normalized spacial score (nSPS) is 10.8. The smallest absolute Gasteiger partial charge is 0.195 e. The summed E-state index contributed by atoms with van der Waals surface area (Å²) in [5.41, 5.74) is 9.96. The van der Waals surface area contributed by atoms with Crippen LogP contribution >= 0.6 is 15.9 Å². The van der Waals surface area contributed by atoms with E-state index in [0.717, 1.165) is 10.0 Å². The van der Waals surface area contributed by atoms with Crippen LogP contribution in [0, 0.1) is 0 Å². The summed E-state index contributed by atoms with van der Waals surface area (Å²) in [4.78, 5) is 15.0. The largest absolute Gasteiger partial charge is 0.289 e. The van der Waals surface area contributed by atoms with Crippen molar-refractivity contribution in [2.75, 3.05) is 0 Å². The van der Waals surface area contributed by atoms with Gasteiger partial charge in [-0.15, -0.1) is 0 Å². The summed E-state index contributed by atoms with van der Waals surface area (Å²) in [7, 11) is 0. The van der Waals surface area contributed by atoms with E-state index in [0.29, 0.717) is 5.56 Å². The van der Waals surface area contributed by atoms with Crippen molar-refractivity contribution in [1.29, 1.82) is 0 Å². The maximum absolute atomic E-state index is 12.3. The van der Waals surface area contributed by atoms with Gasteiger partial charge >= 0.3 is 0 Å². The van der Waals surface area contributed by atoms with Crippen molar-refractivity contribution in [3.05, 3.63) is 86.3 Å². The lowest BCUT2D eigenvalue weighted by molar-refractivity contribution is 0.103. The first-order chi connectivity index (χ1) is 9.70. The Bertz CT molecular complexity index is 687. The molecule has 0 aromatic heterocycles. The van der Waals surface area contributed by atoms with E-state index in [-0.39, 0.29) is 11.5 Å². The highest BCUT2D eigenvalue weighted by atomic mass is 79.9. The van der Waals surface area contributed by atoms with E-state index in [2.05, 4.69) is 26.0 Å². The molecule has 0 fully saturated rings. The molecule has 0 N–H and O–H groups in total. The number of nitrogens with zero attached hydrogens (tertiary/aromatic N) is 3. The Morgan fingerprint density at radius 1 is 1.10 bits per heavy atom. The Labute approximate surface area is 124 Å². The first-order valence-electron chi connectivity index (χ1n) is 5.83. The second kappa shape index (κ2) is 6.70. The van der Waals surface area contributed by atoms with Crippen LogP contribution in [0.2, 0.25) is 0 Å². The first-order valence-corrected chi connectivity index (χ1v) is 6.62. The predicted molar refractivity (Wildman–Crippen MR) is 82.0 cm³/mol. The standard InChI is InChI=1S/C15H10BrN3O/c16-13-8-6-12(7-9-13)15(20)14(18-19-17)10-11-4-2-1-3-5-11/h1-10H/b14-10-. The topological polar surface area (TPSA) is 65.8 Å². The van der Waals surface area contributed by atoms with Gasteiger partial charge in [0.2, 0.25) is 0 Å². The second-order valence-corrected chi connectivity index (χ2v) is 4.88. The van der Waals surface area contributed by atoms with Gasteiger partial charge in [0, 0.05) is 14.9 Å². The van der Waals surface area contributed by atoms with Gasteiger partial charge < -0.3 is 0 Å². The average molecular weight is 328 g/mol. The van der Waals surface area contributed by atoms with Crippen molar-refractivity contribution in [2.45, 2.75) is 0 Å². The highest BCUT2D eigenvalue weighted by Crippen LogP contribution is 2.17. The van der Waals surface area contributed by atoms with Gasteiger partial charge in [-0.25, -0.2) is 0 Å². The van der Waals surface area contributed by atoms with Crippen LogP contribution in [0.1, 0.15) is 15.9 Å². The number of hydrogen-bond donors (Lipinski definition) is 0. The monoisotopic (exact) mass is 327 g/mol. The van der Waals surface area contributed by atoms with Gasteiger partial charge in [0.05, 0.1) is 5.70 Å². The van der Waals surface area contributed by atoms with E-state index in [1.165, 1.54) is 0 Å². The van der Waals surface area contributed by atoms with Crippen LogP contribution in [0.3, 0.4) is 0 Å². The van der Waals surface area contributed by atoms with E-state index in [4.69, 9.17) is 5.53 Å². The third-order valence-corrected chi connectivity index (χ3v) is 3.12. The lowest BCUT2D eigenvalue weighted by Crippen LogP contribution is -2.00. The van der Waals surface area contributed by atoms with Crippen LogP contribution in [0.15, 0.2) is 69.9 Å². The van der Waals surface area contributed by atoms with Crippen molar-refractivity contribution in [1.82, 2.24) is 0 Å². The van der Waals surface area contributed by atoms with Crippen LogP contribution in [0.5, 0.6) is 0 Å². The molecule has 98 valence electrons. The number of allylic oxidation sites excluding steroid dienone is 1. The van der Waals surface area contributed by atoms with Crippen LogP contribution in [-0.4, -0.2) is 5.78 Å². The zero-order valence-corrected chi connectivity index (χ0v) is 12.0. The zero-order valence-electron chi connectivity index (χ0n) is 10.4. The van der Waals surface area contributed by atoms with Gasteiger partial charge in [-0.1, -0.05) is 51.4 Å². The van der Waals surface area contributed by atoms with E-state index in [9.17, 15) is 4.79 Å². The summed E-state index contributed by atoms with van der Waals surface area (Å²) in [6.07, 6.45) is 1.57. The van der Waals surface area contributed by atoms with E-state index < -0.39 is 0 Å². The Morgan fingerprint density at radius 2 is 1.75 bits per heavy atom. The molecule has 20 heavy (non-hydrogen) atoms. The van der Waals surface area contributed by atoms with Gasteiger partial charge in [-0.3, -0.25) is 4.79 Å². The minimum Gasteiger partial charge on any atom is -0.289 e. The minimum absolute atomic E-state index is 0.0704. The number of carbonyl (C=O) groups excluding carboxylic acids is 1. The van der Waals surface area contributed by atoms with Gasteiger partial charge in [0.15, 0.2) is 5.78 Å². The molecule has 0 aliphatic heterocycles.